The van der Waals surface area contributed by atoms with E-state index in [2.05, 4.69) is 51.1 Å². The molecule has 33 heavy (non-hydrogen) atoms. The number of carbonyl (C=O) groups excluding carboxylic acids is 1. The molecule has 2 saturated heterocycles. The van der Waals surface area contributed by atoms with Gasteiger partial charge in [0.25, 0.3) is 0 Å². The Morgan fingerprint density at radius 2 is 2.18 bits per heavy atom. The molecule has 4 heterocycles. The lowest BCUT2D eigenvalue weighted by Gasteiger charge is -2.36. The molecular weight excluding hydrogens is 419 g/mol. The number of hydrogen-bond donors (Lipinski definition) is 2. The molecule has 2 atom stereocenters. The van der Waals surface area contributed by atoms with Crippen LogP contribution >= 0.6 is 0 Å². The van der Waals surface area contributed by atoms with Crippen LogP contribution in [0.5, 0.6) is 0 Å². The molecule has 2 amide bonds. The van der Waals surface area contributed by atoms with Crippen LogP contribution in [0.15, 0.2) is 48.3 Å². The van der Waals surface area contributed by atoms with E-state index < -0.39 is 5.67 Å². The first-order valence-electron chi connectivity index (χ1n) is 12.1. The monoisotopic (exact) mass is 452 g/mol. The highest BCUT2D eigenvalue weighted by Gasteiger charge is 2.35. The van der Waals surface area contributed by atoms with Gasteiger partial charge in [-0.1, -0.05) is 18.2 Å². The molecule has 2 N–H and O–H groups in total. The van der Waals surface area contributed by atoms with E-state index in [0.29, 0.717) is 32.6 Å². The quantitative estimate of drug-likeness (QED) is 0.748. The van der Waals surface area contributed by atoms with Crippen LogP contribution in [0.1, 0.15) is 37.7 Å². The number of amides is 2. The molecule has 1 unspecified atom stereocenters. The molecule has 2 aromatic rings. The van der Waals surface area contributed by atoms with Gasteiger partial charge in [0.1, 0.15) is 5.67 Å². The van der Waals surface area contributed by atoms with Gasteiger partial charge in [-0.25, -0.2) is 13.7 Å². The summed E-state index contributed by atoms with van der Waals surface area (Å²) in [6.45, 7) is 6.88. The summed E-state index contributed by atoms with van der Waals surface area (Å²) in [5, 5.41) is 10.6. The molecule has 8 heteroatoms. The number of nitrogens with one attached hydrogen (secondary N) is 2. The maximum atomic E-state index is 15.3. The lowest BCUT2D eigenvalue weighted by Crippen LogP contribution is -2.51. The standard InChI is InChI=1S/C25H33FN6O/c1-2-28-24(33)31-14-12-30(13-15-31)22-8-11-29-32-17-20(16-23(22)32)19-4-6-21(7-5-19)25(26)9-3-10-27-18-25/h4,6-8,11,16-17,19,27H,2-3,5,9-10,12-15,18H2,1H3,(H,28,33)/t19?,25-/m0/s1. The van der Waals surface area contributed by atoms with Crippen molar-refractivity contribution in [2.75, 3.05) is 50.7 Å². The van der Waals surface area contributed by atoms with E-state index in [-0.39, 0.29) is 11.9 Å². The average molecular weight is 453 g/mol. The second-order valence-corrected chi connectivity index (χ2v) is 9.24. The summed E-state index contributed by atoms with van der Waals surface area (Å²) in [7, 11) is 0. The molecule has 0 saturated carbocycles. The van der Waals surface area contributed by atoms with Gasteiger partial charge in [0.15, 0.2) is 0 Å². The van der Waals surface area contributed by atoms with Crippen LogP contribution in [0.2, 0.25) is 0 Å². The summed E-state index contributed by atoms with van der Waals surface area (Å²) < 4.78 is 17.2. The minimum Gasteiger partial charge on any atom is -0.366 e. The summed E-state index contributed by atoms with van der Waals surface area (Å²) in [4.78, 5) is 16.3. The van der Waals surface area contributed by atoms with E-state index >= 15 is 4.39 Å². The Morgan fingerprint density at radius 1 is 1.33 bits per heavy atom. The zero-order valence-electron chi connectivity index (χ0n) is 19.3. The van der Waals surface area contributed by atoms with Crippen molar-refractivity contribution in [3.8, 4) is 0 Å². The number of piperidine rings is 1. The summed E-state index contributed by atoms with van der Waals surface area (Å²) in [6, 6.07) is 4.27. The van der Waals surface area contributed by atoms with E-state index in [1.165, 1.54) is 5.56 Å². The minimum atomic E-state index is -1.24. The molecule has 176 valence electrons. The van der Waals surface area contributed by atoms with Crippen molar-refractivity contribution >= 4 is 17.2 Å². The Balaban J connectivity index is 1.30. The number of alkyl halides is 1. The van der Waals surface area contributed by atoms with Crippen molar-refractivity contribution in [2.24, 2.45) is 0 Å². The highest BCUT2D eigenvalue weighted by atomic mass is 19.1. The van der Waals surface area contributed by atoms with Gasteiger partial charge in [-0.15, -0.1) is 0 Å². The lowest BCUT2D eigenvalue weighted by atomic mass is 9.82. The Hall–Kier alpha value is -2.87. The predicted octanol–water partition coefficient (Wildman–Crippen LogP) is 3.25. The third-order valence-electron chi connectivity index (χ3n) is 7.12. The first kappa shape index (κ1) is 21.9. The van der Waals surface area contributed by atoms with Gasteiger partial charge in [0, 0.05) is 57.6 Å². The van der Waals surface area contributed by atoms with Crippen molar-refractivity contribution in [1.82, 2.24) is 25.1 Å². The van der Waals surface area contributed by atoms with Crippen LogP contribution in [0.25, 0.3) is 5.52 Å². The molecule has 2 aliphatic heterocycles. The molecule has 3 aliphatic rings. The van der Waals surface area contributed by atoms with Crippen molar-refractivity contribution in [3.05, 3.63) is 53.9 Å². The number of nitrogens with zero attached hydrogens (tertiary/aromatic N) is 4. The fourth-order valence-electron chi connectivity index (χ4n) is 5.22. The maximum absolute atomic E-state index is 15.3. The summed E-state index contributed by atoms with van der Waals surface area (Å²) >= 11 is 0. The smallest absolute Gasteiger partial charge is 0.317 e. The number of halogens is 1. The van der Waals surface area contributed by atoms with Crippen LogP contribution in [0, 0.1) is 0 Å². The molecule has 0 spiro atoms. The molecule has 5 rings (SSSR count). The van der Waals surface area contributed by atoms with Gasteiger partial charge in [-0.2, -0.15) is 5.10 Å². The molecule has 0 aromatic carbocycles. The Bertz CT molecular complexity index is 1060. The normalized spacial score (nSPS) is 25.9. The van der Waals surface area contributed by atoms with Crippen LogP contribution in [0.3, 0.4) is 0 Å². The van der Waals surface area contributed by atoms with Crippen LogP contribution < -0.4 is 15.5 Å². The zero-order valence-corrected chi connectivity index (χ0v) is 19.3. The largest absolute Gasteiger partial charge is 0.366 e. The summed E-state index contributed by atoms with van der Waals surface area (Å²) in [6.07, 6.45) is 12.4. The van der Waals surface area contributed by atoms with Crippen molar-refractivity contribution in [3.63, 3.8) is 0 Å². The van der Waals surface area contributed by atoms with Crippen molar-refractivity contribution in [1.29, 1.82) is 0 Å². The van der Waals surface area contributed by atoms with Crippen molar-refractivity contribution < 1.29 is 9.18 Å². The van der Waals surface area contributed by atoms with Crippen molar-refractivity contribution in [2.45, 2.75) is 37.8 Å². The number of rotatable bonds is 4. The number of urea groups is 1. The second kappa shape index (κ2) is 9.17. The third kappa shape index (κ3) is 4.36. The fraction of sp³-hybridized carbons (Fsp3) is 0.520. The second-order valence-electron chi connectivity index (χ2n) is 9.24. The van der Waals surface area contributed by atoms with E-state index in [4.69, 9.17) is 0 Å². The topological polar surface area (TPSA) is 64.9 Å². The number of piperazine rings is 1. The van der Waals surface area contributed by atoms with Gasteiger partial charge in [-0.3, -0.25) is 0 Å². The first-order valence-corrected chi connectivity index (χ1v) is 12.1. The number of fused-ring (bicyclic) bond motifs is 1. The van der Waals surface area contributed by atoms with E-state index in [1.807, 2.05) is 28.6 Å². The first-order chi connectivity index (χ1) is 16.1. The number of allylic oxidation sites excluding steroid dienone is 3. The number of anilines is 1. The maximum Gasteiger partial charge on any atom is 0.317 e. The lowest BCUT2D eigenvalue weighted by molar-refractivity contribution is 0.167. The molecular formula is C25H33FN6O. The SMILES string of the molecule is CCNC(=O)N1CCN(c2ccnn3cc(C4C=CC([C@]5(F)CCCNC5)=CC4)cc23)CC1. The Morgan fingerprint density at radius 3 is 2.88 bits per heavy atom. The summed E-state index contributed by atoms with van der Waals surface area (Å²) in [5.74, 6) is 0.220. The van der Waals surface area contributed by atoms with Gasteiger partial charge in [0.2, 0.25) is 0 Å². The number of aromatic nitrogens is 2. The highest BCUT2D eigenvalue weighted by molar-refractivity contribution is 5.76. The van der Waals surface area contributed by atoms with Gasteiger partial charge < -0.3 is 20.4 Å². The molecule has 2 fully saturated rings. The van der Waals surface area contributed by atoms with Crippen LogP contribution in [-0.4, -0.2) is 72.0 Å². The molecule has 0 radical (unpaired) electrons. The Kier molecular flexibility index (Phi) is 6.10. The molecule has 7 nitrogen and oxygen atoms in total. The number of hydrogen-bond acceptors (Lipinski definition) is 4. The van der Waals surface area contributed by atoms with Gasteiger partial charge >= 0.3 is 6.03 Å². The predicted molar refractivity (Wildman–Crippen MR) is 129 cm³/mol. The summed E-state index contributed by atoms with van der Waals surface area (Å²) in [5.41, 5.74) is 2.98. The minimum absolute atomic E-state index is 0.0116. The number of carbonyl (C=O) groups is 1. The molecule has 2 aromatic heterocycles. The van der Waals surface area contributed by atoms with Crippen LogP contribution in [-0.2, 0) is 0 Å². The molecule has 0 bridgehead atoms. The third-order valence-corrected chi connectivity index (χ3v) is 7.12. The highest BCUT2D eigenvalue weighted by Crippen LogP contribution is 2.37. The van der Waals surface area contributed by atoms with E-state index in [9.17, 15) is 4.79 Å². The van der Waals surface area contributed by atoms with Gasteiger partial charge in [0.05, 0.1) is 11.2 Å². The van der Waals surface area contributed by atoms with E-state index in [0.717, 1.165) is 49.3 Å². The van der Waals surface area contributed by atoms with E-state index in [1.54, 1.807) is 0 Å². The van der Waals surface area contributed by atoms with Crippen LogP contribution in [0.4, 0.5) is 14.9 Å². The Labute approximate surface area is 194 Å². The zero-order chi connectivity index (χ0) is 22.8. The fourth-order valence-corrected chi connectivity index (χ4v) is 5.22. The molecule has 1 aliphatic carbocycles. The van der Waals surface area contributed by atoms with Gasteiger partial charge in [-0.05, 0) is 56.0 Å². The average Bonchev–Trinajstić information content (AvgIpc) is 3.29.